The van der Waals surface area contributed by atoms with Crippen molar-refractivity contribution in [1.82, 2.24) is 5.32 Å². The van der Waals surface area contributed by atoms with Crippen LogP contribution in [0.25, 0.3) is 0 Å². The van der Waals surface area contributed by atoms with Gasteiger partial charge in [-0.05, 0) is 38.3 Å². The lowest BCUT2D eigenvalue weighted by Gasteiger charge is -2.29. The second-order valence-corrected chi connectivity index (χ2v) is 4.07. The molecule has 1 unspecified atom stereocenters. The van der Waals surface area contributed by atoms with E-state index in [0.29, 0.717) is 6.54 Å². The molecule has 0 aliphatic carbocycles. The first-order valence-corrected chi connectivity index (χ1v) is 5.41. The van der Waals surface area contributed by atoms with Gasteiger partial charge in [0.25, 0.3) is 0 Å². The molecule has 1 atom stereocenters. The van der Waals surface area contributed by atoms with Crippen LogP contribution in [0.5, 0.6) is 0 Å². The number of rotatable bonds is 5. The molecule has 0 saturated carbocycles. The van der Waals surface area contributed by atoms with Gasteiger partial charge in [-0.25, -0.2) is 0 Å². The smallest absolute Gasteiger partial charge is 0.0984 e. The van der Waals surface area contributed by atoms with Crippen LogP contribution in [0.1, 0.15) is 33.1 Å². The lowest BCUT2D eigenvalue weighted by atomic mass is 9.92. The highest BCUT2D eigenvalue weighted by Gasteiger charge is 2.26. The number of ether oxygens (including phenoxy) is 1. The van der Waals surface area contributed by atoms with Gasteiger partial charge in [-0.2, -0.15) is 0 Å². The van der Waals surface area contributed by atoms with E-state index in [0.717, 1.165) is 38.0 Å². The minimum absolute atomic E-state index is 0.607. The van der Waals surface area contributed by atoms with Crippen molar-refractivity contribution < 1.29 is 9.84 Å². The molecule has 0 bridgehead atoms. The van der Waals surface area contributed by atoms with Gasteiger partial charge >= 0.3 is 0 Å². The van der Waals surface area contributed by atoms with E-state index in [1.807, 2.05) is 6.92 Å². The van der Waals surface area contributed by atoms with Crippen LogP contribution in [0.2, 0.25) is 0 Å². The van der Waals surface area contributed by atoms with Crippen LogP contribution in [-0.2, 0) is 4.74 Å². The van der Waals surface area contributed by atoms with Crippen LogP contribution in [0, 0.1) is 0 Å². The zero-order chi connectivity index (χ0) is 10.4. The summed E-state index contributed by atoms with van der Waals surface area (Å²) in [5, 5.41) is 13.4. The molecule has 1 rings (SSSR count). The Hall–Kier alpha value is -0.540. The van der Waals surface area contributed by atoms with Crippen LogP contribution < -0.4 is 5.32 Å². The van der Waals surface area contributed by atoms with E-state index < -0.39 is 5.60 Å². The number of hydrogen-bond donors (Lipinski definition) is 2. The van der Waals surface area contributed by atoms with E-state index in [-0.39, 0.29) is 0 Å². The SMILES string of the molecule is CCCNCC(C)(O)C1=COCCC1. The second kappa shape index (κ2) is 5.37. The topological polar surface area (TPSA) is 41.5 Å². The number of hydrogen-bond acceptors (Lipinski definition) is 3. The summed E-state index contributed by atoms with van der Waals surface area (Å²) in [4.78, 5) is 0. The van der Waals surface area contributed by atoms with E-state index in [2.05, 4.69) is 12.2 Å². The number of nitrogens with one attached hydrogen (secondary N) is 1. The number of aliphatic hydroxyl groups is 1. The maximum absolute atomic E-state index is 10.2. The Balaban J connectivity index is 2.41. The molecule has 0 saturated heterocycles. The monoisotopic (exact) mass is 199 g/mol. The third-order valence-electron chi connectivity index (χ3n) is 2.52. The Morgan fingerprint density at radius 1 is 1.64 bits per heavy atom. The van der Waals surface area contributed by atoms with E-state index in [1.165, 1.54) is 0 Å². The van der Waals surface area contributed by atoms with Gasteiger partial charge < -0.3 is 15.2 Å². The minimum Gasteiger partial charge on any atom is -0.501 e. The molecule has 0 aromatic carbocycles. The summed E-state index contributed by atoms with van der Waals surface area (Å²) in [6.45, 7) is 6.29. The molecule has 3 nitrogen and oxygen atoms in total. The summed E-state index contributed by atoms with van der Waals surface area (Å²) in [6, 6.07) is 0. The van der Waals surface area contributed by atoms with Gasteiger partial charge in [0.2, 0.25) is 0 Å². The molecular formula is C11H21NO2. The molecule has 3 heteroatoms. The van der Waals surface area contributed by atoms with Crippen LogP contribution in [0.15, 0.2) is 11.8 Å². The molecule has 0 fully saturated rings. The van der Waals surface area contributed by atoms with Crippen LogP contribution >= 0.6 is 0 Å². The van der Waals surface area contributed by atoms with Crippen LogP contribution in [0.4, 0.5) is 0 Å². The standard InChI is InChI=1S/C11H21NO2/c1-3-6-12-9-11(2,13)10-5-4-7-14-8-10/h8,12-13H,3-7,9H2,1-2H3. The Morgan fingerprint density at radius 3 is 3.00 bits per heavy atom. The van der Waals surface area contributed by atoms with Gasteiger partial charge in [0.15, 0.2) is 0 Å². The summed E-state index contributed by atoms with van der Waals surface area (Å²) in [5.74, 6) is 0. The van der Waals surface area contributed by atoms with Crippen molar-refractivity contribution in [3.63, 3.8) is 0 Å². The molecule has 82 valence electrons. The molecule has 0 radical (unpaired) electrons. The van der Waals surface area contributed by atoms with E-state index >= 15 is 0 Å². The van der Waals surface area contributed by atoms with Crippen molar-refractivity contribution in [2.75, 3.05) is 19.7 Å². The molecule has 0 spiro atoms. The van der Waals surface area contributed by atoms with E-state index in [9.17, 15) is 5.11 Å². The normalized spacial score (nSPS) is 20.9. The largest absolute Gasteiger partial charge is 0.501 e. The molecule has 1 aliphatic rings. The van der Waals surface area contributed by atoms with Crippen molar-refractivity contribution in [3.05, 3.63) is 11.8 Å². The average Bonchev–Trinajstić information content (AvgIpc) is 2.19. The second-order valence-electron chi connectivity index (χ2n) is 4.07. The molecule has 14 heavy (non-hydrogen) atoms. The minimum atomic E-state index is -0.754. The van der Waals surface area contributed by atoms with Gasteiger partial charge in [0, 0.05) is 6.54 Å². The Kier molecular flexibility index (Phi) is 4.42. The van der Waals surface area contributed by atoms with Crippen molar-refractivity contribution in [3.8, 4) is 0 Å². The van der Waals surface area contributed by atoms with Gasteiger partial charge in [0.1, 0.15) is 0 Å². The maximum atomic E-state index is 10.2. The van der Waals surface area contributed by atoms with E-state index in [1.54, 1.807) is 6.26 Å². The molecule has 2 N–H and O–H groups in total. The highest BCUT2D eigenvalue weighted by Crippen LogP contribution is 2.23. The van der Waals surface area contributed by atoms with Crippen molar-refractivity contribution in [2.24, 2.45) is 0 Å². The summed E-state index contributed by atoms with van der Waals surface area (Å²) in [7, 11) is 0. The van der Waals surface area contributed by atoms with Crippen LogP contribution in [0.3, 0.4) is 0 Å². The van der Waals surface area contributed by atoms with Gasteiger partial charge in [0.05, 0.1) is 18.5 Å². The fourth-order valence-electron chi connectivity index (χ4n) is 1.58. The molecular weight excluding hydrogens is 178 g/mol. The fraction of sp³-hybridized carbons (Fsp3) is 0.818. The van der Waals surface area contributed by atoms with Gasteiger partial charge in [-0.3, -0.25) is 0 Å². The third kappa shape index (κ3) is 3.31. The lowest BCUT2D eigenvalue weighted by Crippen LogP contribution is -2.40. The van der Waals surface area contributed by atoms with Crippen molar-refractivity contribution in [1.29, 1.82) is 0 Å². The first-order valence-electron chi connectivity index (χ1n) is 5.41. The van der Waals surface area contributed by atoms with Crippen molar-refractivity contribution in [2.45, 2.75) is 38.7 Å². The van der Waals surface area contributed by atoms with Gasteiger partial charge in [-0.15, -0.1) is 0 Å². The summed E-state index contributed by atoms with van der Waals surface area (Å²) in [5.41, 5.74) is 0.252. The molecule has 0 amide bonds. The maximum Gasteiger partial charge on any atom is 0.0984 e. The summed E-state index contributed by atoms with van der Waals surface area (Å²) in [6.07, 6.45) is 4.76. The molecule has 0 aromatic heterocycles. The lowest BCUT2D eigenvalue weighted by molar-refractivity contribution is 0.0798. The average molecular weight is 199 g/mol. The van der Waals surface area contributed by atoms with Gasteiger partial charge in [-0.1, -0.05) is 6.92 Å². The molecule has 1 aliphatic heterocycles. The highest BCUT2D eigenvalue weighted by molar-refractivity contribution is 5.15. The first kappa shape index (κ1) is 11.5. The molecule has 1 heterocycles. The third-order valence-corrected chi connectivity index (χ3v) is 2.52. The highest BCUT2D eigenvalue weighted by atomic mass is 16.5. The van der Waals surface area contributed by atoms with E-state index in [4.69, 9.17) is 4.74 Å². The zero-order valence-electron chi connectivity index (χ0n) is 9.18. The Labute approximate surface area is 86.2 Å². The summed E-state index contributed by atoms with van der Waals surface area (Å²) >= 11 is 0. The molecule has 0 aromatic rings. The summed E-state index contributed by atoms with van der Waals surface area (Å²) < 4.78 is 5.22. The van der Waals surface area contributed by atoms with Crippen LogP contribution in [-0.4, -0.2) is 30.4 Å². The Bertz CT molecular complexity index is 199. The zero-order valence-corrected chi connectivity index (χ0v) is 9.18. The van der Waals surface area contributed by atoms with Crippen molar-refractivity contribution >= 4 is 0 Å². The first-order chi connectivity index (χ1) is 6.67. The fourth-order valence-corrected chi connectivity index (χ4v) is 1.58. The quantitative estimate of drug-likeness (QED) is 0.658. The predicted octanol–water partition coefficient (Wildman–Crippen LogP) is 1.43. The predicted molar refractivity (Wildman–Crippen MR) is 57.1 cm³/mol. The Morgan fingerprint density at radius 2 is 2.43 bits per heavy atom.